The van der Waals surface area contributed by atoms with E-state index in [0.29, 0.717) is 37.6 Å². The lowest BCUT2D eigenvalue weighted by Gasteiger charge is -2.11. The molecular formula is C12H20N4O4. The van der Waals surface area contributed by atoms with Crippen molar-refractivity contribution in [2.24, 2.45) is 5.92 Å². The Bertz CT molecular complexity index is 446. The molecule has 112 valence electrons. The van der Waals surface area contributed by atoms with Gasteiger partial charge in [-0.15, -0.1) is 0 Å². The highest BCUT2D eigenvalue weighted by Crippen LogP contribution is 2.03. The molecule has 0 fully saturated rings. The zero-order valence-corrected chi connectivity index (χ0v) is 11.7. The summed E-state index contributed by atoms with van der Waals surface area (Å²) in [4.78, 5) is 25.9. The van der Waals surface area contributed by atoms with Crippen LogP contribution in [0.4, 0.5) is 4.79 Å². The molecule has 3 N–H and O–H groups in total. The van der Waals surface area contributed by atoms with Crippen LogP contribution in [-0.2, 0) is 11.2 Å². The summed E-state index contributed by atoms with van der Waals surface area (Å²) >= 11 is 0. The lowest BCUT2D eigenvalue weighted by molar-refractivity contribution is -0.137. The van der Waals surface area contributed by atoms with Crippen molar-refractivity contribution in [1.82, 2.24) is 20.8 Å². The number of hydrogen-bond donors (Lipinski definition) is 3. The van der Waals surface area contributed by atoms with Gasteiger partial charge in [0.2, 0.25) is 5.89 Å². The van der Waals surface area contributed by atoms with Crippen LogP contribution in [0, 0.1) is 12.8 Å². The first kappa shape index (κ1) is 15.9. The highest BCUT2D eigenvalue weighted by Gasteiger charge is 2.08. The van der Waals surface area contributed by atoms with Gasteiger partial charge in [-0.05, 0) is 19.3 Å². The van der Waals surface area contributed by atoms with Crippen molar-refractivity contribution in [3.63, 3.8) is 0 Å². The molecule has 0 radical (unpaired) electrons. The van der Waals surface area contributed by atoms with Gasteiger partial charge in [0.1, 0.15) is 0 Å². The Labute approximate surface area is 116 Å². The van der Waals surface area contributed by atoms with Crippen molar-refractivity contribution >= 4 is 12.0 Å². The van der Waals surface area contributed by atoms with Crippen LogP contribution in [0.1, 0.15) is 31.5 Å². The Morgan fingerprint density at radius 3 is 2.75 bits per heavy atom. The second-order valence-corrected chi connectivity index (χ2v) is 4.66. The van der Waals surface area contributed by atoms with Crippen LogP contribution in [0.3, 0.4) is 0 Å². The zero-order chi connectivity index (χ0) is 15.0. The number of rotatable bonds is 8. The molecule has 0 aliphatic heterocycles. The quantitative estimate of drug-likeness (QED) is 0.647. The van der Waals surface area contributed by atoms with Gasteiger partial charge in [-0.2, -0.15) is 4.98 Å². The van der Waals surface area contributed by atoms with E-state index >= 15 is 0 Å². The fourth-order valence-electron chi connectivity index (χ4n) is 1.53. The summed E-state index contributed by atoms with van der Waals surface area (Å²) < 4.78 is 4.91. The lowest BCUT2D eigenvalue weighted by Crippen LogP contribution is -2.38. The van der Waals surface area contributed by atoms with Crippen molar-refractivity contribution in [3.05, 3.63) is 11.7 Å². The van der Waals surface area contributed by atoms with Crippen LogP contribution in [0.25, 0.3) is 0 Å². The highest BCUT2D eigenvalue weighted by atomic mass is 16.5. The summed E-state index contributed by atoms with van der Waals surface area (Å²) in [6.07, 6.45) is 1.13. The first-order chi connectivity index (χ1) is 9.47. The molecule has 1 aromatic rings. The Morgan fingerprint density at radius 1 is 1.40 bits per heavy atom. The number of carboxylic acid groups (broad SMARTS) is 1. The maximum Gasteiger partial charge on any atom is 0.314 e. The van der Waals surface area contributed by atoms with Gasteiger partial charge in [-0.25, -0.2) is 4.79 Å². The van der Waals surface area contributed by atoms with E-state index < -0.39 is 5.97 Å². The molecule has 8 nitrogen and oxygen atoms in total. The fourth-order valence-corrected chi connectivity index (χ4v) is 1.53. The molecule has 0 bridgehead atoms. The van der Waals surface area contributed by atoms with Gasteiger partial charge in [0.15, 0.2) is 5.82 Å². The van der Waals surface area contributed by atoms with Crippen molar-refractivity contribution in [3.8, 4) is 0 Å². The minimum atomic E-state index is -0.823. The highest BCUT2D eigenvalue weighted by molar-refractivity contribution is 5.73. The Morgan fingerprint density at radius 2 is 2.15 bits per heavy atom. The maximum atomic E-state index is 11.5. The molecule has 0 saturated heterocycles. The summed E-state index contributed by atoms with van der Waals surface area (Å²) in [6.45, 7) is 4.46. The normalized spacial score (nSPS) is 11.9. The van der Waals surface area contributed by atoms with Crippen LogP contribution in [-0.4, -0.2) is 40.3 Å². The number of amides is 2. The van der Waals surface area contributed by atoms with Gasteiger partial charge in [0.05, 0.1) is 0 Å². The predicted octanol–water partition coefficient (Wildman–Crippen LogP) is 0.721. The molecule has 0 aliphatic rings. The molecular weight excluding hydrogens is 264 g/mol. The minimum Gasteiger partial charge on any atom is -0.481 e. The number of urea groups is 1. The number of aromatic nitrogens is 2. The zero-order valence-electron chi connectivity index (χ0n) is 11.7. The summed E-state index contributed by atoms with van der Waals surface area (Å²) in [5, 5.41) is 17.5. The topological polar surface area (TPSA) is 117 Å². The lowest BCUT2D eigenvalue weighted by atomic mass is 10.1. The summed E-state index contributed by atoms with van der Waals surface area (Å²) in [5.41, 5.74) is 0. The average Bonchev–Trinajstić information content (AvgIpc) is 2.79. The predicted molar refractivity (Wildman–Crippen MR) is 70.2 cm³/mol. The molecule has 1 aromatic heterocycles. The molecule has 1 heterocycles. The summed E-state index contributed by atoms with van der Waals surface area (Å²) in [7, 11) is 0. The number of nitrogens with zero attached hydrogens (tertiary/aromatic N) is 2. The molecule has 0 aliphatic carbocycles. The van der Waals surface area contributed by atoms with Gasteiger partial charge in [-0.3, -0.25) is 4.79 Å². The average molecular weight is 284 g/mol. The van der Waals surface area contributed by atoms with E-state index in [-0.39, 0.29) is 18.4 Å². The molecule has 0 aromatic carbocycles. The van der Waals surface area contributed by atoms with Crippen LogP contribution in [0.2, 0.25) is 0 Å². The Hall–Kier alpha value is -2.12. The third-order valence-corrected chi connectivity index (χ3v) is 2.66. The van der Waals surface area contributed by atoms with Crippen molar-refractivity contribution < 1.29 is 19.2 Å². The summed E-state index contributed by atoms with van der Waals surface area (Å²) in [6, 6.07) is -0.289. The van der Waals surface area contributed by atoms with Crippen LogP contribution in [0.15, 0.2) is 4.52 Å². The van der Waals surface area contributed by atoms with E-state index in [1.165, 1.54) is 0 Å². The number of carbonyl (C=O) groups excluding carboxylic acids is 1. The van der Waals surface area contributed by atoms with Gasteiger partial charge >= 0.3 is 12.0 Å². The summed E-state index contributed by atoms with van der Waals surface area (Å²) in [5.74, 6) is 0.348. The number of hydrogen-bond acceptors (Lipinski definition) is 5. The first-order valence-electron chi connectivity index (χ1n) is 6.50. The number of carboxylic acids is 1. The SMILES string of the molecule is Cc1noc(CCNC(=O)NCC(C)CCC(=O)O)n1. The number of carbonyl (C=O) groups is 2. The van der Waals surface area contributed by atoms with Gasteiger partial charge in [-0.1, -0.05) is 12.1 Å². The standard InChI is InChI=1S/C12H20N4O4/c1-8(3-4-11(17)18)7-14-12(19)13-6-5-10-15-9(2)16-20-10/h8H,3-7H2,1-2H3,(H,17,18)(H2,13,14,19). The van der Waals surface area contributed by atoms with Gasteiger partial charge < -0.3 is 20.3 Å². The van der Waals surface area contributed by atoms with E-state index in [1.807, 2.05) is 6.92 Å². The number of nitrogens with one attached hydrogen (secondary N) is 2. The van der Waals surface area contributed by atoms with E-state index in [9.17, 15) is 9.59 Å². The second kappa shape index (κ2) is 8.13. The van der Waals surface area contributed by atoms with Gasteiger partial charge in [0, 0.05) is 25.9 Å². The molecule has 1 unspecified atom stereocenters. The molecule has 2 amide bonds. The van der Waals surface area contributed by atoms with E-state index in [0.717, 1.165) is 0 Å². The molecule has 8 heteroatoms. The van der Waals surface area contributed by atoms with Crippen molar-refractivity contribution in [2.75, 3.05) is 13.1 Å². The maximum absolute atomic E-state index is 11.5. The van der Waals surface area contributed by atoms with Crippen LogP contribution < -0.4 is 10.6 Å². The molecule has 0 saturated carbocycles. The third kappa shape index (κ3) is 6.72. The van der Waals surface area contributed by atoms with Crippen molar-refractivity contribution in [2.45, 2.75) is 33.1 Å². The monoisotopic (exact) mass is 284 g/mol. The molecule has 1 atom stereocenters. The number of aliphatic carboxylic acids is 1. The smallest absolute Gasteiger partial charge is 0.314 e. The van der Waals surface area contributed by atoms with E-state index in [2.05, 4.69) is 20.8 Å². The van der Waals surface area contributed by atoms with E-state index in [1.54, 1.807) is 6.92 Å². The number of aryl methyl sites for hydroxylation is 1. The van der Waals surface area contributed by atoms with E-state index in [4.69, 9.17) is 9.63 Å². The molecule has 20 heavy (non-hydrogen) atoms. The van der Waals surface area contributed by atoms with Crippen molar-refractivity contribution in [1.29, 1.82) is 0 Å². The minimum absolute atomic E-state index is 0.112. The Kier molecular flexibility index (Phi) is 6.48. The second-order valence-electron chi connectivity index (χ2n) is 4.66. The van der Waals surface area contributed by atoms with Gasteiger partial charge in [0.25, 0.3) is 0 Å². The fraction of sp³-hybridized carbons (Fsp3) is 0.667. The third-order valence-electron chi connectivity index (χ3n) is 2.66. The molecule has 1 rings (SSSR count). The van der Waals surface area contributed by atoms with Crippen LogP contribution >= 0.6 is 0 Å². The Balaban J connectivity index is 2.09. The first-order valence-corrected chi connectivity index (χ1v) is 6.50. The molecule has 0 spiro atoms. The van der Waals surface area contributed by atoms with Crippen LogP contribution in [0.5, 0.6) is 0 Å². The largest absolute Gasteiger partial charge is 0.481 e.